The molecule has 130 valence electrons. The molecule has 0 aliphatic heterocycles. The van der Waals surface area contributed by atoms with E-state index in [2.05, 4.69) is 11.1 Å². The zero-order valence-corrected chi connectivity index (χ0v) is 14.7. The van der Waals surface area contributed by atoms with Gasteiger partial charge in [-0.15, -0.1) is 0 Å². The van der Waals surface area contributed by atoms with E-state index in [-0.39, 0.29) is 5.56 Å². The van der Waals surface area contributed by atoms with Gasteiger partial charge in [-0.25, -0.2) is 0 Å². The highest BCUT2D eigenvalue weighted by atomic mass is 16.1. The number of benzene rings is 2. The van der Waals surface area contributed by atoms with Crippen LogP contribution in [0.25, 0.3) is 22.0 Å². The normalized spacial score (nSPS) is 10.6. The van der Waals surface area contributed by atoms with E-state index in [4.69, 9.17) is 5.26 Å². The Morgan fingerprint density at radius 1 is 0.963 bits per heavy atom. The highest BCUT2D eigenvalue weighted by Crippen LogP contribution is 2.27. The molecule has 0 saturated carbocycles. The second-order valence-corrected chi connectivity index (χ2v) is 6.33. The summed E-state index contributed by atoms with van der Waals surface area (Å²) < 4.78 is 1.80. The first-order chi connectivity index (χ1) is 13.3. The van der Waals surface area contributed by atoms with E-state index in [1.54, 1.807) is 29.0 Å². The molecule has 0 unspecified atom stereocenters. The standard InChI is InChI=1S/C23H17N3O/c24-16-17-8-10-18(11-9-17)21-15-23(27)26(22-7-2-1-6-20(21)22)14-12-19-5-3-4-13-25-19/h1-11,13,15H,12,14H2. The minimum atomic E-state index is -0.0380. The summed E-state index contributed by atoms with van der Waals surface area (Å²) in [6.07, 6.45) is 2.46. The van der Waals surface area contributed by atoms with Crippen LogP contribution in [0, 0.1) is 11.3 Å². The van der Waals surface area contributed by atoms with Crippen LogP contribution in [-0.4, -0.2) is 9.55 Å². The van der Waals surface area contributed by atoms with Crippen molar-refractivity contribution in [2.45, 2.75) is 13.0 Å². The summed E-state index contributed by atoms with van der Waals surface area (Å²) in [5, 5.41) is 10.0. The lowest BCUT2D eigenvalue weighted by Gasteiger charge is -2.14. The molecule has 0 amide bonds. The van der Waals surface area contributed by atoms with Crippen LogP contribution in [0.3, 0.4) is 0 Å². The predicted octanol–water partition coefficient (Wildman–Crippen LogP) is 4.18. The minimum Gasteiger partial charge on any atom is -0.308 e. The van der Waals surface area contributed by atoms with Crippen LogP contribution in [0.4, 0.5) is 0 Å². The van der Waals surface area contributed by atoms with E-state index in [1.165, 1.54) is 0 Å². The molecule has 0 atom stereocenters. The molecule has 0 N–H and O–H groups in total. The van der Waals surface area contributed by atoms with Crippen molar-refractivity contribution in [2.24, 2.45) is 0 Å². The Labute approximate surface area is 157 Å². The van der Waals surface area contributed by atoms with Crippen molar-refractivity contribution >= 4 is 10.9 Å². The van der Waals surface area contributed by atoms with Crippen molar-refractivity contribution < 1.29 is 0 Å². The zero-order valence-electron chi connectivity index (χ0n) is 14.7. The van der Waals surface area contributed by atoms with Crippen LogP contribution < -0.4 is 5.56 Å². The van der Waals surface area contributed by atoms with Crippen molar-refractivity contribution in [2.75, 3.05) is 0 Å². The summed E-state index contributed by atoms with van der Waals surface area (Å²) in [4.78, 5) is 17.2. The van der Waals surface area contributed by atoms with Gasteiger partial charge in [0.25, 0.3) is 5.56 Å². The highest BCUT2D eigenvalue weighted by molar-refractivity contribution is 5.94. The van der Waals surface area contributed by atoms with E-state index in [0.717, 1.165) is 27.7 Å². The molecule has 2 aromatic heterocycles. The van der Waals surface area contributed by atoms with E-state index >= 15 is 0 Å². The zero-order chi connectivity index (χ0) is 18.6. The van der Waals surface area contributed by atoms with Gasteiger partial charge in [0, 0.05) is 36.3 Å². The fourth-order valence-electron chi connectivity index (χ4n) is 3.30. The van der Waals surface area contributed by atoms with E-state index in [0.29, 0.717) is 18.5 Å². The first-order valence-electron chi connectivity index (χ1n) is 8.79. The maximum atomic E-state index is 12.9. The molecular weight excluding hydrogens is 334 g/mol. The number of rotatable bonds is 4. The first kappa shape index (κ1) is 16.7. The average Bonchev–Trinajstić information content (AvgIpc) is 2.73. The monoisotopic (exact) mass is 351 g/mol. The van der Waals surface area contributed by atoms with Gasteiger partial charge in [0.1, 0.15) is 0 Å². The number of nitriles is 1. The molecule has 2 aromatic carbocycles. The second-order valence-electron chi connectivity index (χ2n) is 6.33. The van der Waals surface area contributed by atoms with Crippen molar-refractivity contribution in [1.82, 2.24) is 9.55 Å². The molecule has 27 heavy (non-hydrogen) atoms. The van der Waals surface area contributed by atoms with Crippen molar-refractivity contribution in [3.8, 4) is 17.2 Å². The lowest BCUT2D eigenvalue weighted by Crippen LogP contribution is -2.21. The number of fused-ring (bicyclic) bond motifs is 1. The van der Waals surface area contributed by atoms with Crippen LogP contribution >= 0.6 is 0 Å². The van der Waals surface area contributed by atoms with Gasteiger partial charge in [0.15, 0.2) is 0 Å². The number of pyridine rings is 2. The van der Waals surface area contributed by atoms with Gasteiger partial charge in [0.2, 0.25) is 0 Å². The molecule has 0 radical (unpaired) electrons. The van der Waals surface area contributed by atoms with Gasteiger partial charge in [0.05, 0.1) is 17.1 Å². The molecule has 4 nitrogen and oxygen atoms in total. The van der Waals surface area contributed by atoms with E-state index in [1.807, 2.05) is 54.6 Å². The van der Waals surface area contributed by atoms with Crippen molar-refractivity contribution in [3.63, 3.8) is 0 Å². The number of hydrogen-bond donors (Lipinski definition) is 0. The Morgan fingerprint density at radius 2 is 1.74 bits per heavy atom. The summed E-state index contributed by atoms with van der Waals surface area (Å²) >= 11 is 0. The smallest absolute Gasteiger partial charge is 0.251 e. The molecule has 0 fully saturated rings. The summed E-state index contributed by atoms with van der Waals surface area (Å²) in [5.41, 5.74) is 4.24. The topological polar surface area (TPSA) is 58.7 Å². The third kappa shape index (κ3) is 3.36. The van der Waals surface area contributed by atoms with Gasteiger partial charge in [-0.3, -0.25) is 9.78 Å². The van der Waals surface area contributed by atoms with Crippen LogP contribution in [-0.2, 0) is 13.0 Å². The Bertz CT molecular complexity index is 1190. The van der Waals surface area contributed by atoms with Crippen molar-refractivity contribution in [3.05, 3.63) is 101 Å². The second kappa shape index (κ2) is 7.27. The Hall–Kier alpha value is -3.71. The largest absolute Gasteiger partial charge is 0.308 e. The number of aryl methyl sites for hydroxylation is 2. The van der Waals surface area contributed by atoms with Crippen LogP contribution in [0.1, 0.15) is 11.3 Å². The van der Waals surface area contributed by atoms with E-state index < -0.39 is 0 Å². The molecule has 0 saturated heterocycles. The van der Waals surface area contributed by atoms with Gasteiger partial charge in [-0.1, -0.05) is 36.4 Å². The molecule has 0 aliphatic carbocycles. The molecule has 2 heterocycles. The predicted molar refractivity (Wildman–Crippen MR) is 106 cm³/mol. The maximum Gasteiger partial charge on any atom is 0.251 e. The van der Waals surface area contributed by atoms with Gasteiger partial charge in [-0.05, 0) is 41.5 Å². The molecule has 0 bridgehead atoms. The fraction of sp³-hybridized carbons (Fsp3) is 0.0870. The SMILES string of the molecule is N#Cc1ccc(-c2cc(=O)n(CCc3ccccn3)c3ccccc23)cc1. The Kier molecular flexibility index (Phi) is 4.51. The van der Waals surface area contributed by atoms with Gasteiger partial charge >= 0.3 is 0 Å². The number of hydrogen-bond acceptors (Lipinski definition) is 3. The summed E-state index contributed by atoms with van der Waals surface area (Å²) in [6, 6.07) is 24.9. The molecule has 0 spiro atoms. The minimum absolute atomic E-state index is 0.0380. The van der Waals surface area contributed by atoms with E-state index in [9.17, 15) is 4.79 Å². The Morgan fingerprint density at radius 3 is 2.48 bits per heavy atom. The number of para-hydroxylation sites is 1. The maximum absolute atomic E-state index is 12.9. The van der Waals surface area contributed by atoms with Crippen LogP contribution in [0.15, 0.2) is 83.8 Å². The third-order valence-corrected chi connectivity index (χ3v) is 4.66. The molecule has 4 aromatic rings. The lowest BCUT2D eigenvalue weighted by molar-refractivity contribution is 0.685. The first-order valence-corrected chi connectivity index (χ1v) is 8.79. The average molecular weight is 351 g/mol. The number of aromatic nitrogens is 2. The third-order valence-electron chi connectivity index (χ3n) is 4.66. The van der Waals surface area contributed by atoms with Crippen LogP contribution in [0.2, 0.25) is 0 Å². The van der Waals surface area contributed by atoms with Gasteiger partial charge in [-0.2, -0.15) is 5.26 Å². The molecule has 4 rings (SSSR count). The van der Waals surface area contributed by atoms with Crippen LogP contribution in [0.5, 0.6) is 0 Å². The fourth-order valence-corrected chi connectivity index (χ4v) is 3.30. The quantitative estimate of drug-likeness (QED) is 0.554. The summed E-state index contributed by atoms with van der Waals surface area (Å²) in [5.74, 6) is 0. The number of nitrogens with zero attached hydrogens (tertiary/aromatic N) is 3. The van der Waals surface area contributed by atoms with Crippen molar-refractivity contribution in [1.29, 1.82) is 5.26 Å². The molecule has 0 aliphatic rings. The lowest BCUT2D eigenvalue weighted by atomic mass is 10.00. The Balaban J connectivity index is 1.80. The summed E-state index contributed by atoms with van der Waals surface area (Å²) in [7, 11) is 0. The molecule has 4 heteroatoms. The van der Waals surface area contributed by atoms with Gasteiger partial charge < -0.3 is 4.57 Å². The summed E-state index contributed by atoms with van der Waals surface area (Å²) in [6.45, 7) is 0.573. The molecular formula is C23H17N3O. The highest BCUT2D eigenvalue weighted by Gasteiger charge is 2.10.